The summed E-state index contributed by atoms with van der Waals surface area (Å²) in [5.74, 6) is -0.451. The Morgan fingerprint density at radius 1 is 1.32 bits per heavy atom. The second-order valence-corrected chi connectivity index (χ2v) is 4.05. The van der Waals surface area contributed by atoms with E-state index >= 15 is 0 Å². The highest BCUT2D eigenvalue weighted by Gasteiger charge is 2.07. The van der Waals surface area contributed by atoms with Gasteiger partial charge in [0.2, 0.25) is 0 Å². The fraction of sp³-hybridized carbons (Fsp3) is 0.375. The van der Waals surface area contributed by atoms with Gasteiger partial charge in [-0.2, -0.15) is 0 Å². The summed E-state index contributed by atoms with van der Waals surface area (Å²) in [6, 6.07) is -5.54. The van der Waals surface area contributed by atoms with Gasteiger partial charge in [-0.05, 0) is 11.4 Å². The Bertz CT molecular complexity index is 950. The normalized spacial score (nSPS) is 21.6. The Balaban J connectivity index is 2.57. The lowest BCUT2D eigenvalue weighted by Crippen LogP contribution is -2.35. The van der Waals surface area contributed by atoms with Gasteiger partial charge in [-0.3, -0.25) is 0 Å². The van der Waals surface area contributed by atoms with Gasteiger partial charge in [0.1, 0.15) is 18.5 Å². The molecule has 0 heterocycles. The van der Waals surface area contributed by atoms with Gasteiger partial charge in [-0.25, -0.2) is 0 Å². The fourth-order valence-electron chi connectivity index (χ4n) is 1.33. The highest BCUT2D eigenvalue weighted by Crippen LogP contribution is 2.25. The Hall–Kier alpha value is -1.58. The lowest BCUT2D eigenvalue weighted by atomic mass is 10.1. The maximum Gasteiger partial charge on any atom is 0.127 e. The molecule has 1 unspecified atom stereocenters. The van der Waals surface area contributed by atoms with Gasteiger partial charge in [-0.15, -0.1) is 0 Å². The van der Waals surface area contributed by atoms with Crippen LogP contribution in [0.4, 0.5) is 0 Å². The van der Waals surface area contributed by atoms with E-state index in [-0.39, 0.29) is 10.8 Å². The number of ether oxygens (including phenoxy) is 1. The van der Waals surface area contributed by atoms with Crippen molar-refractivity contribution in [2.45, 2.75) is 26.0 Å². The zero-order valence-corrected chi connectivity index (χ0v) is 10.6. The van der Waals surface area contributed by atoms with Gasteiger partial charge in [0.15, 0.2) is 0 Å². The molecule has 0 aromatic heterocycles. The van der Waals surface area contributed by atoms with E-state index in [1.165, 1.54) is 13.8 Å². The van der Waals surface area contributed by atoms with Crippen LogP contribution < -0.4 is 10.1 Å². The fourth-order valence-corrected chi connectivity index (χ4v) is 1.33. The zero-order chi connectivity index (χ0) is 22.5. The average molecular weight is 269 g/mol. The van der Waals surface area contributed by atoms with Crippen LogP contribution in [0.1, 0.15) is 27.6 Å². The second kappa shape index (κ2) is 6.55. The summed E-state index contributed by atoms with van der Waals surface area (Å²) in [6.45, 7) is -0.411. The molecule has 102 valence electrons. The van der Waals surface area contributed by atoms with E-state index in [2.05, 4.69) is 5.32 Å². The number of fused-ring (bicyclic) bond motifs is 1. The number of benzene rings is 2. The van der Waals surface area contributed by atoms with E-state index in [9.17, 15) is 5.11 Å². The maximum atomic E-state index is 10.2. The van der Waals surface area contributed by atoms with Crippen LogP contribution in [0, 0.1) is 0 Å². The van der Waals surface area contributed by atoms with Gasteiger partial charge < -0.3 is 15.2 Å². The maximum absolute atomic E-state index is 10.2. The molecule has 0 aliphatic heterocycles. The van der Waals surface area contributed by atoms with Gasteiger partial charge in [0.05, 0.1) is 9.60 Å². The van der Waals surface area contributed by atoms with Crippen LogP contribution in [0.3, 0.4) is 0 Å². The largest absolute Gasteiger partial charge is 0.490 e. The molecular weight excluding hydrogens is 238 g/mol. The summed E-state index contributed by atoms with van der Waals surface area (Å²) in [6.07, 6.45) is -1.80. The highest BCUT2D eigenvalue weighted by molar-refractivity contribution is 5.88. The first-order valence-corrected chi connectivity index (χ1v) is 5.70. The average Bonchev–Trinajstić information content (AvgIpc) is 2.59. The second-order valence-electron chi connectivity index (χ2n) is 4.05. The summed E-state index contributed by atoms with van der Waals surface area (Å²) in [5, 5.41) is 11.9. The van der Waals surface area contributed by atoms with Crippen molar-refractivity contribution in [1.29, 1.82) is 0 Å². The number of hydrogen-bond acceptors (Lipinski definition) is 3. The van der Waals surface area contributed by atoms with Gasteiger partial charge >= 0.3 is 0 Å². The van der Waals surface area contributed by atoms with Crippen molar-refractivity contribution in [3.05, 3.63) is 42.3 Å². The minimum atomic E-state index is -2.44. The Kier molecular flexibility index (Phi) is 2.00. The monoisotopic (exact) mass is 269 g/mol. The van der Waals surface area contributed by atoms with E-state index in [4.69, 9.17) is 18.4 Å². The van der Waals surface area contributed by atoms with Crippen LogP contribution in [0.15, 0.2) is 42.3 Å². The zero-order valence-electron chi connectivity index (χ0n) is 20.6. The van der Waals surface area contributed by atoms with Crippen molar-refractivity contribution in [1.82, 2.24) is 5.32 Å². The molecule has 0 amide bonds. The Labute approximate surface area is 128 Å². The molecular formula is C16H21NO2. The molecule has 3 heteroatoms. The number of nitrogens with one attached hydrogen (secondary N) is 1. The minimum Gasteiger partial charge on any atom is -0.490 e. The molecule has 19 heavy (non-hydrogen) atoms. The van der Waals surface area contributed by atoms with Crippen molar-refractivity contribution in [3.63, 3.8) is 0 Å². The molecule has 0 radical (unpaired) electrons. The van der Waals surface area contributed by atoms with Gasteiger partial charge in [0, 0.05) is 22.0 Å². The van der Waals surface area contributed by atoms with Crippen LogP contribution in [0.25, 0.3) is 10.8 Å². The van der Waals surface area contributed by atoms with Crippen molar-refractivity contribution in [2.24, 2.45) is 0 Å². The molecule has 0 fully saturated rings. The topological polar surface area (TPSA) is 41.5 Å². The van der Waals surface area contributed by atoms with Crippen LogP contribution in [-0.2, 0) is 0 Å². The highest BCUT2D eigenvalue weighted by atomic mass is 16.5. The quantitative estimate of drug-likeness (QED) is 0.847. The predicted octanol–water partition coefficient (Wildman–Crippen LogP) is 2.58. The van der Waals surface area contributed by atoms with E-state index in [1.807, 2.05) is 0 Å². The molecule has 2 aromatic rings. The Morgan fingerprint density at radius 3 is 2.84 bits per heavy atom. The molecule has 2 N–H and O–H groups in total. The number of hydrogen-bond donors (Lipinski definition) is 2. The third kappa shape index (κ3) is 3.94. The molecule has 3 nitrogen and oxygen atoms in total. The standard InChI is InChI=1S/C16H21NO2/c1-12(2)17-10-14(18)11-19-16-9-5-7-13-6-3-4-8-15(13)16/h3-9,12,14,17-18H,10-11H2,1-2H3/i3D,4D,5D,6D,7D,8D,9D,10D2,12D. The summed E-state index contributed by atoms with van der Waals surface area (Å²) in [5.41, 5.74) is 0. The predicted molar refractivity (Wildman–Crippen MR) is 78.6 cm³/mol. The molecule has 0 aliphatic carbocycles. The SMILES string of the molecule is [2H]c1c([2H])c([2H])c2c(OCC(O)C([2H])([2H])NC([2H])(C)C)c([2H])c([2H])c([2H])c2c1[2H]. The third-order valence-electron chi connectivity index (χ3n) is 2.15. The summed E-state index contributed by atoms with van der Waals surface area (Å²) >= 11 is 0. The molecule has 0 saturated carbocycles. The van der Waals surface area contributed by atoms with Crippen LogP contribution in [0.5, 0.6) is 5.75 Å². The van der Waals surface area contributed by atoms with Gasteiger partial charge in [0.25, 0.3) is 0 Å². The molecule has 0 bridgehead atoms. The molecule has 2 rings (SSSR count). The van der Waals surface area contributed by atoms with Crippen LogP contribution in [0.2, 0.25) is 0 Å². The number of rotatable bonds is 6. The first kappa shape index (κ1) is 5.81. The van der Waals surface area contributed by atoms with Gasteiger partial charge in [-0.1, -0.05) is 50.1 Å². The van der Waals surface area contributed by atoms with Crippen molar-refractivity contribution in [2.75, 3.05) is 13.1 Å². The van der Waals surface area contributed by atoms with Crippen molar-refractivity contribution >= 4 is 10.8 Å². The summed E-state index contributed by atoms with van der Waals surface area (Å²) in [7, 11) is 0. The van der Waals surface area contributed by atoms with E-state index in [0.29, 0.717) is 0 Å². The molecule has 2 aromatic carbocycles. The molecule has 1 atom stereocenters. The lowest BCUT2D eigenvalue weighted by Gasteiger charge is -2.15. The van der Waals surface area contributed by atoms with E-state index in [1.54, 1.807) is 0 Å². The summed E-state index contributed by atoms with van der Waals surface area (Å²) < 4.78 is 84.3. The molecule has 0 aliphatic rings. The van der Waals surface area contributed by atoms with Crippen LogP contribution >= 0.6 is 0 Å². The van der Waals surface area contributed by atoms with Crippen LogP contribution in [-0.4, -0.2) is 30.3 Å². The Morgan fingerprint density at radius 2 is 2.05 bits per heavy atom. The van der Waals surface area contributed by atoms with Crippen molar-refractivity contribution in [3.8, 4) is 5.75 Å². The molecule has 0 saturated heterocycles. The first-order valence-electron chi connectivity index (χ1n) is 10.7. The molecule has 0 spiro atoms. The van der Waals surface area contributed by atoms with Crippen molar-refractivity contribution < 1.29 is 23.6 Å². The third-order valence-corrected chi connectivity index (χ3v) is 2.15. The van der Waals surface area contributed by atoms with E-state index < -0.39 is 73.3 Å². The minimum absolute atomic E-state index is 0.288. The lowest BCUT2D eigenvalue weighted by molar-refractivity contribution is 0.105. The first-order chi connectivity index (χ1) is 13.1. The number of aliphatic hydroxyl groups excluding tert-OH is 1. The number of aliphatic hydroxyl groups is 1. The van der Waals surface area contributed by atoms with E-state index in [0.717, 1.165) is 0 Å². The smallest absolute Gasteiger partial charge is 0.127 e. The summed E-state index contributed by atoms with van der Waals surface area (Å²) in [4.78, 5) is 0.